The zero-order valence-corrected chi connectivity index (χ0v) is 13.6. The first-order valence-electron chi connectivity index (χ1n) is 7.23. The van der Waals surface area contributed by atoms with E-state index in [0.717, 1.165) is 27.4 Å². The SMILES string of the molecule is Cc1nc(C(C)NC(C)c2cc3ccccc3o2)c(C)s1. The second-order valence-electron chi connectivity index (χ2n) is 5.47. The predicted octanol–water partition coefficient (Wildman–Crippen LogP) is 4.92. The fourth-order valence-corrected chi connectivity index (χ4v) is 3.61. The van der Waals surface area contributed by atoms with Crippen LogP contribution in [-0.4, -0.2) is 4.98 Å². The molecule has 0 radical (unpaired) electrons. The van der Waals surface area contributed by atoms with Gasteiger partial charge in [-0.1, -0.05) is 18.2 Å². The van der Waals surface area contributed by atoms with Crippen molar-refractivity contribution >= 4 is 22.3 Å². The molecule has 0 bridgehead atoms. The zero-order chi connectivity index (χ0) is 15.0. The van der Waals surface area contributed by atoms with Crippen LogP contribution in [0.15, 0.2) is 34.7 Å². The molecule has 21 heavy (non-hydrogen) atoms. The van der Waals surface area contributed by atoms with Gasteiger partial charge in [-0.25, -0.2) is 4.98 Å². The zero-order valence-electron chi connectivity index (χ0n) is 12.8. The average molecular weight is 300 g/mol. The van der Waals surface area contributed by atoms with E-state index in [9.17, 15) is 0 Å². The van der Waals surface area contributed by atoms with E-state index in [-0.39, 0.29) is 12.1 Å². The second kappa shape index (κ2) is 5.62. The molecule has 0 amide bonds. The van der Waals surface area contributed by atoms with Gasteiger partial charge < -0.3 is 4.42 Å². The number of aromatic nitrogens is 1. The molecule has 0 aliphatic heterocycles. The largest absolute Gasteiger partial charge is 0.459 e. The molecule has 0 aliphatic rings. The monoisotopic (exact) mass is 300 g/mol. The van der Waals surface area contributed by atoms with Gasteiger partial charge in [-0.2, -0.15) is 0 Å². The predicted molar refractivity (Wildman–Crippen MR) is 87.8 cm³/mol. The summed E-state index contributed by atoms with van der Waals surface area (Å²) in [5, 5.41) is 5.84. The summed E-state index contributed by atoms with van der Waals surface area (Å²) >= 11 is 1.75. The minimum absolute atomic E-state index is 0.147. The molecular weight excluding hydrogens is 280 g/mol. The molecule has 4 heteroatoms. The van der Waals surface area contributed by atoms with Crippen LogP contribution in [-0.2, 0) is 0 Å². The van der Waals surface area contributed by atoms with Gasteiger partial charge in [0.05, 0.1) is 16.7 Å². The van der Waals surface area contributed by atoms with Crippen molar-refractivity contribution in [3.63, 3.8) is 0 Å². The molecule has 3 rings (SSSR count). The van der Waals surface area contributed by atoms with Crippen LogP contribution in [0.2, 0.25) is 0 Å². The average Bonchev–Trinajstić information content (AvgIpc) is 3.01. The number of furan rings is 1. The van der Waals surface area contributed by atoms with E-state index in [4.69, 9.17) is 4.42 Å². The Labute approximate surface area is 129 Å². The highest BCUT2D eigenvalue weighted by atomic mass is 32.1. The number of nitrogens with one attached hydrogen (secondary N) is 1. The van der Waals surface area contributed by atoms with Crippen LogP contribution in [0.1, 0.15) is 47.3 Å². The molecule has 110 valence electrons. The molecule has 1 N–H and O–H groups in total. The quantitative estimate of drug-likeness (QED) is 0.743. The maximum atomic E-state index is 5.92. The highest BCUT2D eigenvalue weighted by Gasteiger charge is 2.18. The lowest BCUT2D eigenvalue weighted by Gasteiger charge is -2.17. The maximum absolute atomic E-state index is 5.92. The minimum atomic E-state index is 0.147. The van der Waals surface area contributed by atoms with E-state index in [1.54, 1.807) is 11.3 Å². The van der Waals surface area contributed by atoms with Crippen LogP contribution in [0.25, 0.3) is 11.0 Å². The van der Waals surface area contributed by atoms with Crippen molar-refractivity contribution in [3.8, 4) is 0 Å². The fraction of sp³-hybridized carbons (Fsp3) is 0.353. The Morgan fingerprint density at radius 1 is 1.14 bits per heavy atom. The molecule has 1 aromatic carbocycles. The van der Waals surface area contributed by atoms with Gasteiger partial charge in [0.2, 0.25) is 0 Å². The van der Waals surface area contributed by atoms with E-state index in [1.165, 1.54) is 4.88 Å². The molecule has 2 unspecified atom stereocenters. The highest BCUT2D eigenvalue weighted by molar-refractivity contribution is 7.11. The molecule has 0 aliphatic carbocycles. The number of para-hydroxylation sites is 1. The standard InChI is InChI=1S/C17H20N2OS/c1-10(16-9-14-7-5-6-8-15(14)20-16)18-11(2)17-12(3)21-13(4)19-17/h5-11,18H,1-4H3. The maximum Gasteiger partial charge on any atom is 0.134 e. The summed E-state index contributed by atoms with van der Waals surface area (Å²) in [4.78, 5) is 5.91. The third-order valence-corrected chi connectivity index (χ3v) is 4.62. The van der Waals surface area contributed by atoms with Crippen LogP contribution in [0, 0.1) is 13.8 Å². The van der Waals surface area contributed by atoms with Gasteiger partial charge in [0.15, 0.2) is 0 Å². The van der Waals surface area contributed by atoms with Crippen molar-refractivity contribution in [2.45, 2.75) is 39.8 Å². The first kappa shape index (κ1) is 14.3. The van der Waals surface area contributed by atoms with Gasteiger partial charge in [-0.15, -0.1) is 11.3 Å². The molecule has 2 aromatic heterocycles. The molecule has 0 fully saturated rings. The lowest BCUT2D eigenvalue weighted by atomic mass is 10.1. The van der Waals surface area contributed by atoms with E-state index in [1.807, 2.05) is 18.2 Å². The Bertz CT molecular complexity index is 726. The third-order valence-electron chi connectivity index (χ3n) is 3.72. The Kier molecular flexibility index (Phi) is 3.83. The van der Waals surface area contributed by atoms with Crippen molar-refractivity contribution in [1.29, 1.82) is 0 Å². The fourth-order valence-electron chi connectivity index (χ4n) is 2.70. The summed E-state index contributed by atoms with van der Waals surface area (Å²) in [6, 6.07) is 10.6. The number of nitrogens with zero attached hydrogens (tertiary/aromatic N) is 1. The van der Waals surface area contributed by atoms with E-state index >= 15 is 0 Å². The smallest absolute Gasteiger partial charge is 0.134 e. The molecular formula is C17H20N2OS. The first-order valence-corrected chi connectivity index (χ1v) is 8.04. The highest BCUT2D eigenvalue weighted by Crippen LogP contribution is 2.27. The summed E-state index contributed by atoms with van der Waals surface area (Å²) in [6.45, 7) is 8.46. The number of fused-ring (bicyclic) bond motifs is 1. The van der Waals surface area contributed by atoms with Crippen molar-refractivity contribution in [2.75, 3.05) is 0 Å². The van der Waals surface area contributed by atoms with Crippen LogP contribution in [0.3, 0.4) is 0 Å². The van der Waals surface area contributed by atoms with E-state index in [0.29, 0.717) is 0 Å². The number of hydrogen-bond donors (Lipinski definition) is 1. The molecule has 0 spiro atoms. The van der Waals surface area contributed by atoms with Crippen LogP contribution in [0.4, 0.5) is 0 Å². The van der Waals surface area contributed by atoms with Crippen LogP contribution < -0.4 is 5.32 Å². The van der Waals surface area contributed by atoms with Gasteiger partial charge in [-0.05, 0) is 39.8 Å². The number of thiazole rings is 1. The van der Waals surface area contributed by atoms with E-state index in [2.05, 4.69) is 50.1 Å². The lowest BCUT2D eigenvalue weighted by molar-refractivity contribution is 0.413. The van der Waals surface area contributed by atoms with Crippen molar-refractivity contribution in [3.05, 3.63) is 51.7 Å². The Morgan fingerprint density at radius 2 is 1.90 bits per heavy atom. The molecule has 3 aromatic rings. The summed E-state index contributed by atoms with van der Waals surface area (Å²) in [5.41, 5.74) is 2.08. The normalized spacial score (nSPS) is 14.5. The molecule has 0 saturated heterocycles. The van der Waals surface area contributed by atoms with Crippen LogP contribution in [0.5, 0.6) is 0 Å². The van der Waals surface area contributed by atoms with Crippen molar-refractivity contribution in [1.82, 2.24) is 10.3 Å². The number of aryl methyl sites for hydroxylation is 2. The topological polar surface area (TPSA) is 38.1 Å². The summed E-state index contributed by atoms with van der Waals surface area (Å²) < 4.78 is 5.92. The van der Waals surface area contributed by atoms with E-state index < -0.39 is 0 Å². The number of rotatable bonds is 4. The Hall–Kier alpha value is -1.65. The van der Waals surface area contributed by atoms with Gasteiger partial charge >= 0.3 is 0 Å². The Morgan fingerprint density at radius 3 is 2.57 bits per heavy atom. The minimum Gasteiger partial charge on any atom is -0.459 e. The molecule has 2 heterocycles. The second-order valence-corrected chi connectivity index (χ2v) is 6.88. The van der Waals surface area contributed by atoms with Gasteiger partial charge in [-0.3, -0.25) is 5.32 Å². The Balaban J connectivity index is 1.79. The summed E-state index contributed by atoms with van der Waals surface area (Å²) in [5.74, 6) is 0.965. The van der Waals surface area contributed by atoms with Gasteiger partial charge in [0.1, 0.15) is 11.3 Å². The third kappa shape index (κ3) is 2.87. The van der Waals surface area contributed by atoms with Gasteiger partial charge in [0, 0.05) is 16.3 Å². The lowest BCUT2D eigenvalue weighted by Crippen LogP contribution is -2.22. The van der Waals surface area contributed by atoms with Crippen LogP contribution >= 0.6 is 11.3 Å². The van der Waals surface area contributed by atoms with Crippen molar-refractivity contribution in [2.24, 2.45) is 0 Å². The summed E-state index contributed by atoms with van der Waals surface area (Å²) in [7, 11) is 0. The number of hydrogen-bond acceptors (Lipinski definition) is 4. The number of benzene rings is 1. The summed E-state index contributed by atoms with van der Waals surface area (Å²) in [6.07, 6.45) is 0. The molecule has 3 nitrogen and oxygen atoms in total. The molecule has 2 atom stereocenters. The molecule has 0 saturated carbocycles. The first-order chi connectivity index (χ1) is 10.0. The van der Waals surface area contributed by atoms with Gasteiger partial charge in [0.25, 0.3) is 0 Å². The van der Waals surface area contributed by atoms with Crippen molar-refractivity contribution < 1.29 is 4.42 Å².